The first-order valence-electron chi connectivity index (χ1n) is 5.33. The van der Waals surface area contributed by atoms with Crippen LogP contribution in [0.4, 0.5) is 20.2 Å². The standard InChI is InChI=1S/C12H11F2N3O/c1-12(2)11(18)17(4-3-15)10-6-8(14)7(13)5-9(10)16-12/h5-6,16H,4H2,1-2H3. The number of nitrogens with one attached hydrogen (secondary N) is 1. The molecule has 1 heterocycles. The minimum absolute atomic E-state index is 0.180. The van der Waals surface area contributed by atoms with Crippen molar-refractivity contribution in [3.63, 3.8) is 0 Å². The Balaban J connectivity index is 2.60. The molecule has 1 aliphatic heterocycles. The second kappa shape index (κ2) is 3.95. The van der Waals surface area contributed by atoms with E-state index in [2.05, 4.69) is 5.32 Å². The van der Waals surface area contributed by atoms with Gasteiger partial charge < -0.3 is 5.32 Å². The number of anilines is 2. The fourth-order valence-corrected chi connectivity index (χ4v) is 1.92. The Morgan fingerprint density at radius 2 is 2.00 bits per heavy atom. The van der Waals surface area contributed by atoms with E-state index in [0.717, 1.165) is 17.0 Å². The summed E-state index contributed by atoms with van der Waals surface area (Å²) < 4.78 is 26.4. The molecule has 18 heavy (non-hydrogen) atoms. The first-order chi connectivity index (χ1) is 8.36. The van der Waals surface area contributed by atoms with Crippen LogP contribution in [0.5, 0.6) is 0 Å². The van der Waals surface area contributed by atoms with Crippen LogP contribution in [-0.4, -0.2) is 18.0 Å². The Labute approximate surface area is 103 Å². The van der Waals surface area contributed by atoms with E-state index in [0.29, 0.717) is 5.69 Å². The molecule has 6 heteroatoms. The van der Waals surface area contributed by atoms with Crippen LogP contribution >= 0.6 is 0 Å². The molecule has 1 aromatic carbocycles. The third kappa shape index (κ3) is 1.78. The van der Waals surface area contributed by atoms with Gasteiger partial charge in [0.05, 0.1) is 17.4 Å². The molecule has 0 spiro atoms. The molecule has 1 aliphatic rings. The number of fused-ring (bicyclic) bond motifs is 1. The Morgan fingerprint density at radius 1 is 1.39 bits per heavy atom. The van der Waals surface area contributed by atoms with E-state index < -0.39 is 17.2 Å². The second-order valence-corrected chi connectivity index (χ2v) is 4.58. The molecular formula is C12H11F2N3O. The molecule has 0 saturated heterocycles. The van der Waals surface area contributed by atoms with Gasteiger partial charge in [-0.05, 0) is 13.8 Å². The highest BCUT2D eigenvalue weighted by atomic mass is 19.2. The number of carbonyl (C=O) groups excluding carboxylic acids is 1. The highest BCUT2D eigenvalue weighted by molar-refractivity contribution is 6.07. The van der Waals surface area contributed by atoms with Crippen molar-refractivity contribution in [2.45, 2.75) is 19.4 Å². The summed E-state index contributed by atoms with van der Waals surface area (Å²) in [5.41, 5.74) is -0.484. The number of nitriles is 1. The average Bonchev–Trinajstić information content (AvgIpc) is 2.28. The third-order valence-electron chi connectivity index (χ3n) is 2.79. The van der Waals surface area contributed by atoms with E-state index in [1.165, 1.54) is 0 Å². The lowest BCUT2D eigenvalue weighted by Gasteiger charge is -2.38. The van der Waals surface area contributed by atoms with Gasteiger partial charge in [-0.2, -0.15) is 5.26 Å². The van der Waals surface area contributed by atoms with Crippen molar-refractivity contribution in [2.75, 3.05) is 16.8 Å². The zero-order chi connectivity index (χ0) is 13.5. The Kier molecular flexibility index (Phi) is 2.70. The summed E-state index contributed by atoms with van der Waals surface area (Å²) >= 11 is 0. The van der Waals surface area contributed by atoms with Crippen LogP contribution in [0.1, 0.15) is 13.8 Å². The number of carbonyl (C=O) groups is 1. The van der Waals surface area contributed by atoms with Gasteiger partial charge in [0.1, 0.15) is 12.1 Å². The van der Waals surface area contributed by atoms with Crippen molar-refractivity contribution in [3.8, 4) is 6.07 Å². The lowest BCUT2D eigenvalue weighted by atomic mass is 9.98. The lowest BCUT2D eigenvalue weighted by molar-refractivity contribution is -0.122. The van der Waals surface area contributed by atoms with Crippen molar-refractivity contribution in [2.24, 2.45) is 0 Å². The number of halogens is 2. The van der Waals surface area contributed by atoms with Crippen LogP contribution in [0, 0.1) is 23.0 Å². The summed E-state index contributed by atoms with van der Waals surface area (Å²) in [6.45, 7) is 3.02. The minimum Gasteiger partial charge on any atom is -0.370 e. The minimum atomic E-state index is -1.05. The summed E-state index contributed by atoms with van der Waals surface area (Å²) in [6.07, 6.45) is 0. The first kappa shape index (κ1) is 12.3. The van der Waals surface area contributed by atoms with Gasteiger partial charge in [0.15, 0.2) is 11.6 Å². The molecule has 0 bridgehead atoms. The topological polar surface area (TPSA) is 56.1 Å². The smallest absolute Gasteiger partial charge is 0.253 e. The van der Waals surface area contributed by atoms with E-state index in [1.807, 2.05) is 6.07 Å². The molecule has 1 amide bonds. The summed E-state index contributed by atoms with van der Waals surface area (Å²) in [7, 11) is 0. The van der Waals surface area contributed by atoms with Gasteiger partial charge in [0, 0.05) is 12.1 Å². The number of nitrogens with zero attached hydrogens (tertiary/aromatic N) is 2. The molecule has 0 aliphatic carbocycles. The molecule has 0 atom stereocenters. The zero-order valence-corrected chi connectivity index (χ0v) is 9.92. The third-order valence-corrected chi connectivity index (χ3v) is 2.79. The summed E-state index contributed by atoms with van der Waals surface area (Å²) in [5.74, 6) is -2.41. The quantitative estimate of drug-likeness (QED) is 0.777. The van der Waals surface area contributed by atoms with Gasteiger partial charge in [-0.3, -0.25) is 9.69 Å². The molecule has 0 fully saturated rings. The molecule has 2 rings (SSSR count). The Morgan fingerprint density at radius 3 is 2.61 bits per heavy atom. The maximum atomic E-state index is 13.2. The van der Waals surface area contributed by atoms with E-state index in [1.54, 1.807) is 13.8 Å². The summed E-state index contributed by atoms with van der Waals surface area (Å²) in [6, 6.07) is 3.75. The molecule has 0 unspecified atom stereocenters. The Bertz CT molecular complexity index is 563. The van der Waals surface area contributed by atoms with E-state index in [9.17, 15) is 13.6 Å². The van der Waals surface area contributed by atoms with Gasteiger partial charge in [-0.1, -0.05) is 0 Å². The highest BCUT2D eigenvalue weighted by Gasteiger charge is 2.39. The summed E-state index contributed by atoms with van der Waals surface area (Å²) in [4.78, 5) is 13.2. The molecule has 1 N–H and O–H groups in total. The van der Waals surface area contributed by atoms with Gasteiger partial charge in [0.2, 0.25) is 0 Å². The van der Waals surface area contributed by atoms with Crippen molar-refractivity contribution < 1.29 is 13.6 Å². The maximum absolute atomic E-state index is 13.2. The van der Waals surface area contributed by atoms with Crippen molar-refractivity contribution in [1.29, 1.82) is 5.26 Å². The molecule has 94 valence electrons. The number of amides is 1. The van der Waals surface area contributed by atoms with Crippen LogP contribution in [0.25, 0.3) is 0 Å². The van der Waals surface area contributed by atoms with Gasteiger partial charge in [-0.15, -0.1) is 0 Å². The van der Waals surface area contributed by atoms with Crippen LogP contribution in [0.2, 0.25) is 0 Å². The predicted molar refractivity (Wildman–Crippen MR) is 62.0 cm³/mol. The van der Waals surface area contributed by atoms with Crippen molar-refractivity contribution in [1.82, 2.24) is 0 Å². The molecule has 1 aromatic rings. The number of hydrogen-bond acceptors (Lipinski definition) is 3. The average molecular weight is 251 g/mol. The number of benzene rings is 1. The van der Waals surface area contributed by atoms with Gasteiger partial charge in [-0.25, -0.2) is 8.78 Å². The predicted octanol–water partition coefficient (Wildman–Crippen LogP) is 2.03. The largest absolute Gasteiger partial charge is 0.370 e. The molecule has 4 nitrogen and oxygen atoms in total. The zero-order valence-electron chi connectivity index (χ0n) is 9.92. The molecule has 0 radical (unpaired) electrons. The van der Waals surface area contributed by atoms with Crippen molar-refractivity contribution >= 4 is 17.3 Å². The lowest BCUT2D eigenvalue weighted by Crippen LogP contribution is -2.54. The second-order valence-electron chi connectivity index (χ2n) is 4.58. The highest BCUT2D eigenvalue weighted by Crippen LogP contribution is 2.36. The monoisotopic (exact) mass is 251 g/mol. The number of hydrogen-bond donors (Lipinski definition) is 1. The first-order valence-corrected chi connectivity index (χ1v) is 5.33. The van der Waals surface area contributed by atoms with Crippen molar-refractivity contribution in [3.05, 3.63) is 23.8 Å². The fraction of sp³-hybridized carbons (Fsp3) is 0.333. The maximum Gasteiger partial charge on any atom is 0.253 e. The summed E-state index contributed by atoms with van der Waals surface area (Å²) in [5, 5.41) is 11.6. The van der Waals surface area contributed by atoms with Crippen LogP contribution in [0.3, 0.4) is 0 Å². The van der Waals surface area contributed by atoms with Gasteiger partial charge in [0.25, 0.3) is 5.91 Å². The SMILES string of the molecule is CC1(C)Nc2cc(F)c(F)cc2N(CC#N)C1=O. The van der Waals surface area contributed by atoms with E-state index in [-0.39, 0.29) is 18.1 Å². The fourth-order valence-electron chi connectivity index (χ4n) is 1.92. The van der Waals surface area contributed by atoms with Crippen LogP contribution in [-0.2, 0) is 4.79 Å². The normalized spacial score (nSPS) is 16.8. The van der Waals surface area contributed by atoms with Crippen LogP contribution in [0.15, 0.2) is 12.1 Å². The number of rotatable bonds is 1. The van der Waals surface area contributed by atoms with Crippen LogP contribution < -0.4 is 10.2 Å². The molecule has 0 aromatic heterocycles. The van der Waals surface area contributed by atoms with E-state index >= 15 is 0 Å². The van der Waals surface area contributed by atoms with Gasteiger partial charge >= 0.3 is 0 Å². The van der Waals surface area contributed by atoms with E-state index in [4.69, 9.17) is 5.26 Å². The Hall–Kier alpha value is -2.16. The molecule has 0 saturated carbocycles. The molecular weight excluding hydrogens is 240 g/mol.